The summed E-state index contributed by atoms with van der Waals surface area (Å²) in [7, 11) is 0. The Labute approximate surface area is 102 Å². The Balaban J connectivity index is 2.50. The van der Waals surface area contributed by atoms with Crippen LogP contribution in [0.4, 0.5) is 0 Å². The molecule has 0 unspecified atom stereocenters. The Hall–Kier alpha value is -0.830. The number of hydrogen-bond donors (Lipinski definition) is 0. The number of nitrogens with zero attached hydrogens (tertiary/aromatic N) is 2. The summed E-state index contributed by atoms with van der Waals surface area (Å²) in [6, 6.07) is 6.95. The van der Waals surface area contributed by atoms with E-state index in [1.54, 1.807) is 18.2 Å². The maximum absolute atomic E-state index is 5.90. The molecular formula is C10H5Cl3N2. The standard InChI is InChI=1S/C10H5Cl3N2/c11-7-2-1-6(3-8(7)12)9-4-10(13)15-5-14-9/h1-5H. The average Bonchev–Trinajstić information content (AvgIpc) is 2.22. The van der Waals surface area contributed by atoms with Gasteiger partial charge in [-0.1, -0.05) is 40.9 Å². The summed E-state index contributed by atoms with van der Waals surface area (Å²) in [5, 5.41) is 1.40. The van der Waals surface area contributed by atoms with Crippen LogP contribution >= 0.6 is 34.8 Å². The van der Waals surface area contributed by atoms with Crippen LogP contribution in [0.15, 0.2) is 30.6 Å². The zero-order valence-electron chi connectivity index (χ0n) is 7.42. The first-order valence-corrected chi connectivity index (χ1v) is 5.23. The molecule has 0 aliphatic carbocycles. The molecule has 1 aromatic carbocycles. The SMILES string of the molecule is Clc1cc(-c2ccc(Cl)c(Cl)c2)ncn1. The predicted octanol–water partition coefficient (Wildman–Crippen LogP) is 4.10. The molecule has 15 heavy (non-hydrogen) atoms. The first-order chi connectivity index (χ1) is 7.16. The molecule has 0 bridgehead atoms. The van der Waals surface area contributed by atoms with E-state index in [1.807, 2.05) is 6.07 Å². The molecule has 0 spiro atoms. The summed E-state index contributed by atoms with van der Waals surface area (Å²) in [6.45, 7) is 0. The summed E-state index contributed by atoms with van der Waals surface area (Å²) in [5.41, 5.74) is 1.57. The van der Waals surface area contributed by atoms with Gasteiger partial charge in [-0.25, -0.2) is 9.97 Å². The van der Waals surface area contributed by atoms with E-state index in [4.69, 9.17) is 34.8 Å². The van der Waals surface area contributed by atoms with Crippen molar-refractivity contribution >= 4 is 34.8 Å². The quantitative estimate of drug-likeness (QED) is 0.721. The first kappa shape index (κ1) is 10.7. The number of aromatic nitrogens is 2. The highest BCUT2D eigenvalue weighted by atomic mass is 35.5. The molecule has 1 aromatic heterocycles. The molecule has 0 fully saturated rings. The van der Waals surface area contributed by atoms with Crippen molar-refractivity contribution in [2.45, 2.75) is 0 Å². The van der Waals surface area contributed by atoms with Crippen molar-refractivity contribution in [2.24, 2.45) is 0 Å². The summed E-state index contributed by atoms with van der Waals surface area (Å²) in [6.07, 6.45) is 1.40. The fourth-order valence-electron chi connectivity index (χ4n) is 1.15. The number of halogens is 3. The number of benzene rings is 1. The molecule has 2 aromatic rings. The van der Waals surface area contributed by atoms with Crippen molar-refractivity contribution in [1.82, 2.24) is 9.97 Å². The van der Waals surface area contributed by atoms with Crippen LogP contribution in [0.25, 0.3) is 11.3 Å². The van der Waals surface area contributed by atoms with Crippen LogP contribution in [0, 0.1) is 0 Å². The van der Waals surface area contributed by atoms with Crippen LogP contribution in [0.1, 0.15) is 0 Å². The minimum Gasteiger partial charge on any atom is -0.236 e. The third kappa shape index (κ3) is 2.40. The van der Waals surface area contributed by atoms with Crippen molar-refractivity contribution in [3.63, 3.8) is 0 Å². The smallest absolute Gasteiger partial charge is 0.133 e. The van der Waals surface area contributed by atoms with Crippen molar-refractivity contribution in [3.05, 3.63) is 45.8 Å². The summed E-state index contributed by atoms with van der Waals surface area (Å²) >= 11 is 17.5. The molecular weight excluding hydrogens is 254 g/mol. The summed E-state index contributed by atoms with van der Waals surface area (Å²) < 4.78 is 0. The monoisotopic (exact) mass is 258 g/mol. The summed E-state index contributed by atoms with van der Waals surface area (Å²) in [4.78, 5) is 7.88. The van der Waals surface area contributed by atoms with E-state index < -0.39 is 0 Å². The predicted molar refractivity (Wildman–Crippen MR) is 62.5 cm³/mol. The Morgan fingerprint density at radius 1 is 0.867 bits per heavy atom. The molecule has 0 saturated heterocycles. The molecule has 0 aliphatic heterocycles. The highest BCUT2D eigenvalue weighted by molar-refractivity contribution is 6.42. The van der Waals surface area contributed by atoms with Gasteiger partial charge in [0.25, 0.3) is 0 Å². The van der Waals surface area contributed by atoms with E-state index in [9.17, 15) is 0 Å². The maximum Gasteiger partial charge on any atom is 0.133 e. The van der Waals surface area contributed by atoms with Crippen LogP contribution in [0.2, 0.25) is 15.2 Å². The lowest BCUT2D eigenvalue weighted by Gasteiger charge is -2.02. The van der Waals surface area contributed by atoms with Crippen molar-refractivity contribution in [2.75, 3.05) is 0 Å². The van der Waals surface area contributed by atoms with Crippen LogP contribution in [0.3, 0.4) is 0 Å². The first-order valence-electron chi connectivity index (χ1n) is 4.10. The second kappa shape index (κ2) is 4.35. The zero-order chi connectivity index (χ0) is 10.8. The number of rotatable bonds is 1. The van der Waals surface area contributed by atoms with Gasteiger partial charge in [-0.2, -0.15) is 0 Å². The normalized spacial score (nSPS) is 10.3. The van der Waals surface area contributed by atoms with Crippen molar-refractivity contribution < 1.29 is 0 Å². The number of hydrogen-bond acceptors (Lipinski definition) is 2. The lowest BCUT2D eigenvalue weighted by molar-refractivity contribution is 1.17. The highest BCUT2D eigenvalue weighted by Crippen LogP contribution is 2.27. The fraction of sp³-hybridized carbons (Fsp3) is 0. The van der Waals surface area contributed by atoms with Crippen LogP contribution in [-0.4, -0.2) is 9.97 Å². The molecule has 0 atom stereocenters. The molecule has 1 heterocycles. The fourth-order valence-corrected chi connectivity index (χ4v) is 1.59. The van der Waals surface area contributed by atoms with Gasteiger partial charge in [-0.3, -0.25) is 0 Å². The van der Waals surface area contributed by atoms with E-state index in [1.165, 1.54) is 6.33 Å². The van der Waals surface area contributed by atoms with Crippen LogP contribution in [0.5, 0.6) is 0 Å². The van der Waals surface area contributed by atoms with E-state index in [2.05, 4.69) is 9.97 Å². The van der Waals surface area contributed by atoms with Crippen molar-refractivity contribution in [1.29, 1.82) is 0 Å². The molecule has 5 heteroatoms. The molecule has 0 radical (unpaired) electrons. The summed E-state index contributed by atoms with van der Waals surface area (Å²) in [5.74, 6) is 0. The van der Waals surface area contributed by atoms with E-state index in [0.717, 1.165) is 5.56 Å². The topological polar surface area (TPSA) is 25.8 Å². The lowest BCUT2D eigenvalue weighted by atomic mass is 10.1. The molecule has 0 amide bonds. The van der Waals surface area contributed by atoms with E-state index in [-0.39, 0.29) is 0 Å². The largest absolute Gasteiger partial charge is 0.236 e. The van der Waals surface area contributed by atoms with Crippen molar-refractivity contribution in [3.8, 4) is 11.3 Å². The van der Waals surface area contributed by atoms with Gasteiger partial charge < -0.3 is 0 Å². The second-order valence-electron chi connectivity index (χ2n) is 2.85. The van der Waals surface area contributed by atoms with Gasteiger partial charge in [-0.05, 0) is 12.1 Å². The third-order valence-electron chi connectivity index (χ3n) is 1.85. The molecule has 76 valence electrons. The zero-order valence-corrected chi connectivity index (χ0v) is 9.68. The molecule has 0 saturated carbocycles. The van der Waals surface area contributed by atoms with Crippen LogP contribution < -0.4 is 0 Å². The van der Waals surface area contributed by atoms with Gasteiger partial charge >= 0.3 is 0 Å². The van der Waals surface area contributed by atoms with Gasteiger partial charge in [-0.15, -0.1) is 0 Å². The van der Waals surface area contributed by atoms with E-state index >= 15 is 0 Å². The van der Waals surface area contributed by atoms with E-state index in [0.29, 0.717) is 20.9 Å². The Morgan fingerprint density at radius 3 is 2.33 bits per heavy atom. The minimum atomic E-state index is 0.395. The van der Waals surface area contributed by atoms with Gasteiger partial charge in [0.2, 0.25) is 0 Å². The Bertz CT molecular complexity index is 500. The van der Waals surface area contributed by atoms with Gasteiger partial charge in [0, 0.05) is 11.6 Å². The highest BCUT2D eigenvalue weighted by Gasteiger charge is 2.03. The Kier molecular flexibility index (Phi) is 3.10. The lowest BCUT2D eigenvalue weighted by Crippen LogP contribution is -1.85. The minimum absolute atomic E-state index is 0.395. The molecule has 2 nitrogen and oxygen atoms in total. The van der Waals surface area contributed by atoms with Gasteiger partial charge in [0.15, 0.2) is 0 Å². The third-order valence-corrected chi connectivity index (χ3v) is 2.79. The maximum atomic E-state index is 5.90. The molecule has 2 rings (SSSR count). The molecule has 0 N–H and O–H groups in total. The Morgan fingerprint density at radius 2 is 1.67 bits per heavy atom. The van der Waals surface area contributed by atoms with Gasteiger partial charge in [0.1, 0.15) is 11.5 Å². The average molecular weight is 260 g/mol. The van der Waals surface area contributed by atoms with Gasteiger partial charge in [0.05, 0.1) is 15.7 Å². The van der Waals surface area contributed by atoms with Crippen LogP contribution in [-0.2, 0) is 0 Å². The second-order valence-corrected chi connectivity index (χ2v) is 4.06. The molecule has 0 aliphatic rings.